The number of nitrogens with zero attached hydrogens (tertiary/aromatic N) is 2. The Morgan fingerprint density at radius 1 is 1.42 bits per heavy atom. The van der Waals surface area contributed by atoms with Crippen LogP contribution in [-0.2, 0) is 23.1 Å². The van der Waals surface area contributed by atoms with E-state index in [9.17, 15) is 8.42 Å². The fourth-order valence-corrected chi connectivity index (χ4v) is 3.69. The van der Waals surface area contributed by atoms with Gasteiger partial charge in [0.2, 0.25) is 15.9 Å². The van der Waals surface area contributed by atoms with Gasteiger partial charge in [0.1, 0.15) is 0 Å². The van der Waals surface area contributed by atoms with Crippen LogP contribution in [0.15, 0.2) is 20.9 Å². The molecule has 0 spiro atoms. The lowest BCUT2D eigenvalue weighted by Crippen LogP contribution is -2.23. The summed E-state index contributed by atoms with van der Waals surface area (Å²) in [5.41, 5.74) is 0. The molecule has 2 rings (SSSR count). The van der Waals surface area contributed by atoms with Crippen molar-refractivity contribution in [2.45, 2.75) is 24.9 Å². The largest absolute Gasteiger partial charge is 0.340 e. The topological polar surface area (TPSA) is 97.1 Å². The predicted molar refractivity (Wildman–Crippen MR) is 70.1 cm³/mol. The third-order valence-corrected chi connectivity index (χ3v) is 4.75. The van der Waals surface area contributed by atoms with E-state index in [1.54, 1.807) is 18.4 Å². The first-order chi connectivity index (χ1) is 9.01. The van der Waals surface area contributed by atoms with Gasteiger partial charge in [-0.1, -0.05) is 5.16 Å². The van der Waals surface area contributed by atoms with Gasteiger partial charge >= 0.3 is 0 Å². The minimum Gasteiger partial charge on any atom is -0.340 e. The van der Waals surface area contributed by atoms with Crippen LogP contribution in [0.5, 0.6) is 0 Å². The second-order valence-corrected chi connectivity index (χ2v) is 6.60. The molecule has 104 valence electrons. The Kier molecular flexibility index (Phi) is 4.30. The Hall–Kier alpha value is -1.29. The van der Waals surface area contributed by atoms with E-state index in [2.05, 4.69) is 20.2 Å². The van der Waals surface area contributed by atoms with Gasteiger partial charge in [-0.15, -0.1) is 11.3 Å². The number of nitrogens with one attached hydrogen (secondary N) is 2. The zero-order chi connectivity index (χ0) is 13.9. The van der Waals surface area contributed by atoms with Crippen LogP contribution in [0.1, 0.15) is 16.6 Å². The van der Waals surface area contributed by atoms with E-state index in [0.717, 1.165) is 4.88 Å². The average molecular weight is 302 g/mol. The second kappa shape index (κ2) is 5.78. The van der Waals surface area contributed by atoms with E-state index in [0.29, 0.717) is 18.3 Å². The van der Waals surface area contributed by atoms with E-state index in [1.165, 1.54) is 11.3 Å². The van der Waals surface area contributed by atoms with Gasteiger partial charge in [-0.3, -0.25) is 0 Å². The van der Waals surface area contributed by atoms with E-state index in [4.69, 9.17) is 4.52 Å². The van der Waals surface area contributed by atoms with Crippen LogP contribution in [0.25, 0.3) is 0 Å². The molecular formula is C10H14N4O3S2. The Labute approximate surface area is 115 Å². The predicted octanol–water partition coefficient (Wildman–Crippen LogP) is 0.637. The Bertz CT molecular complexity index is 647. The van der Waals surface area contributed by atoms with Gasteiger partial charge in [0.15, 0.2) is 5.82 Å². The van der Waals surface area contributed by atoms with Crippen LogP contribution < -0.4 is 10.0 Å². The summed E-state index contributed by atoms with van der Waals surface area (Å²) in [7, 11) is -1.73. The normalized spacial score (nSPS) is 11.9. The Balaban J connectivity index is 2.04. The zero-order valence-corrected chi connectivity index (χ0v) is 12.1. The smallest absolute Gasteiger partial charge is 0.241 e. The first-order valence-electron chi connectivity index (χ1n) is 5.52. The molecule has 2 heterocycles. The van der Waals surface area contributed by atoms with Crippen molar-refractivity contribution in [1.82, 2.24) is 20.2 Å². The number of aromatic nitrogens is 2. The maximum absolute atomic E-state index is 12.0. The number of hydrogen-bond donors (Lipinski definition) is 2. The number of thiophene rings is 1. The van der Waals surface area contributed by atoms with E-state index >= 15 is 0 Å². The summed E-state index contributed by atoms with van der Waals surface area (Å²) in [6.45, 7) is 2.30. The van der Waals surface area contributed by atoms with Crippen LogP contribution in [0.2, 0.25) is 0 Å². The fraction of sp³-hybridized carbons (Fsp3) is 0.400. The van der Waals surface area contributed by atoms with Crippen LogP contribution >= 0.6 is 11.3 Å². The van der Waals surface area contributed by atoms with Gasteiger partial charge in [-0.25, -0.2) is 13.1 Å². The summed E-state index contributed by atoms with van der Waals surface area (Å²) in [6, 6.07) is 1.64. The molecule has 2 aromatic rings. The molecule has 19 heavy (non-hydrogen) atoms. The molecule has 2 aromatic heterocycles. The quantitative estimate of drug-likeness (QED) is 0.812. The van der Waals surface area contributed by atoms with Crippen molar-refractivity contribution >= 4 is 21.4 Å². The van der Waals surface area contributed by atoms with Crippen LogP contribution in [0.4, 0.5) is 0 Å². The second-order valence-electron chi connectivity index (χ2n) is 3.83. The third kappa shape index (κ3) is 3.60. The highest BCUT2D eigenvalue weighted by Gasteiger charge is 2.17. The molecule has 0 radical (unpaired) electrons. The monoisotopic (exact) mass is 302 g/mol. The first kappa shape index (κ1) is 14.1. The number of aryl methyl sites for hydroxylation is 1. The van der Waals surface area contributed by atoms with Crippen molar-refractivity contribution in [3.8, 4) is 0 Å². The highest BCUT2D eigenvalue weighted by molar-refractivity contribution is 7.89. The van der Waals surface area contributed by atoms with Crippen LogP contribution in [0.3, 0.4) is 0 Å². The van der Waals surface area contributed by atoms with Gasteiger partial charge in [-0.05, 0) is 13.1 Å². The first-order valence-corrected chi connectivity index (χ1v) is 7.88. The molecule has 0 amide bonds. The SMILES string of the molecule is CNCc1cc(S(=O)(=O)NCc2noc(C)n2)cs1. The molecule has 0 saturated heterocycles. The molecule has 9 heteroatoms. The number of rotatable bonds is 6. The summed E-state index contributed by atoms with van der Waals surface area (Å²) in [5, 5.41) is 8.21. The Morgan fingerprint density at radius 2 is 2.21 bits per heavy atom. The maximum atomic E-state index is 12.0. The lowest BCUT2D eigenvalue weighted by Gasteiger charge is -2.01. The van der Waals surface area contributed by atoms with Crippen molar-refractivity contribution < 1.29 is 12.9 Å². The highest BCUT2D eigenvalue weighted by Crippen LogP contribution is 2.19. The molecule has 0 bridgehead atoms. The molecule has 0 unspecified atom stereocenters. The highest BCUT2D eigenvalue weighted by atomic mass is 32.2. The Morgan fingerprint density at radius 3 is 2.84 bits per heavy atom. The van der Waals surface area contributed by atoms with Crippen molar-refractivity contribution in [2.24, 2.45) is 0 Å². The molecule has 2 N–H and O–H groups in total. The molecule has 0 fully saturated rings. The van der Waals surface area contributed by atoms with Crippen molar-refractivity contribution in [3.05, 3.63) is 28.0 Å². The zero-order valence-electron chi connectivity index (χ0n) is 10.5. The summed E-state index contributed by atoms with van der Waals surface area (Å²) < 4.78 is 31.2. The van der Waals surface area contributed by atoms with E-state index in [1.807, 2.05) is 7.05 Å². The van der Waals surface area contributed by atoms with Crippen molar-refractivity contribution in [1.29, 1.82) is 0 Å². The summed E-state index contributed by atoms with van der Waals surface area (Å²) in [6.07, 6.45) is 0. The molecule has 7 nitrogen and oxygen atoms in total. The molecule has 0 saturated carbocycles. The van der Waals surface area contributed by atoms with E-state index in [-0.39, 0.29) is 11.4 Å². The van der Waals surface area contributed by atoms with Gasteiger partial charge in [0, 0.05) is 23.7 Å². The molecule has 0 aliphatic heterocycles. The summed E-state index contributed by atoms with van der Waals surface area (Å²) in [4.78, 5) is 5.14. The van der Waals surface area contributed by atoms with Crippen molar-refractivity contribution in [3.63, 3.8) is 0 Å². The average Bonchev–Trinajstić information content (AvgIpc) is 2.97. The molecule has 0 aliphatic carbocycles. The molecule has 0 atom stereocenters. The van der Waals surface area contributed by atoms with E-state index < -0.39 is 10.0 Å². The minimum atomic E-state index is -3.54. The minimum absolute atomic E-state index is 0.0108. The van der Waals surface area contributed by atoms with Gasteiger partial charge in [0.25, 0.3) is 0 Å². The van der Waals surface area contributed by atoms with Crippen LogP contribution in [0, 0.1) is 6.92 Å². The third-order valence-electron chi connectivity index (χ3n) is 2.28. The fourth-order valence-electron chi connectivity index (χ4n) is 1.42. The number of sulfonamides is 1. The lowest BCUT2D eigenvalue weighted by molar-refractivity contribution is 0.387. The summed E-state index contributed by atoms with van der Waals surface area (Å²) in [5.74, 6) is 0.716. The standard InChI is InChI=1S/C10H14N4O3S2/c1-7-13-10(14-17-7)5-12-19(15,16)9-3-8(4-11-2)18-6-9/h3,6,11-12H,4-5H2,1-2H3. The molecule has 0 aromatic carbocycles. The van der Waals surface area contributed by atoms with Gasteiger partial charge in [-0.2, -0.15) is 4.98 Å². The molecule has 0 aliphatic rings. The lowest BCUT2D eigenvalue weighted by atomic mass is 10.5. The van der Waals surface area contributed by atoms with Gasteiger partial charge in [0.05, 0.1) is 11.4 Å². The molecular weight excluding hydrogens is 288 g/mol. The maximum Gasteiger partial charge on any atom is 0.241 e. The van der Waals surface area contributed by atoms with Gasteiger partial charge < -0.3 is 9.84 Å². The summed E-state index contributed by atoms with van der Waals surface area (Å²) >= 11 is 1.40. The number of hydrogen-bond acceptors (Lipinski definition) is 7. The van der Waals surface area contributed by atoms with Crippen molar-refractivity contribution in [2.75, 3.05) is 7.05 Å². The van der Waals surface area contributed by atoms with Crippen LogP contribution in [-0.4, -0.2) is 25.6 Å².